The Morgan fingerprint density at radius 1 is 0.871 bits per heavy atom. The normalized spacial score (nSPS) is 24.4. The summed E-state index contributed by atoms with van der Waals surface area (Å²) in [5.74, 6) is 2.06. The monoisotopic (exact) mass is 422 g/mol. The zero-order valence-electron chi connectivity index (χ0n) is 17.7. The van der Waals surface area contributed by atoms with Crippen LogP contribution in [0.3, 0.4) is 0 Å². The Morgan fingerprint density at radius 3 is 2.35 bits per heavy atom. The summed E-state index contributed by atoms with van der Waals surface area (Å²) in [6.45, 7) is 6.22. The summed E-state index contributed by atoms with van der Waals surface area (Å²) in [6, 6.07) is 13.1. The van der Waals surface area contributed by atoms with E-state index in [2.05, 4.69) is 6.92 Å². The van der Waals surface area contributed by atoms with Gasteiger partial charge in [-0.2, -0.15) is 0 Å². The quantitative estimate of drug-likeness (QED) is 0.745. The molecule has 1 fully saturated rings. The van der Waals surface area contributed by atoms with Crippen LogP contribution in [0.25, 0.3) is 0 Å². The predicted octanol–water partition coefficient (Wildman–Crippen LogP) is 2.70. The van der Waals surface area contributed by atoms with Crippen molar-refractivity contribution in [2.45, 2.75) is 32.0 Å². The smallest absolute Gasteiger partial charge is 0.267 e. The molecule has 7 heteroatoms. The highest BCUT2D eigenvalue weighted by molar-refractivity contribution is 5.98. The molecule has 0 aromatic heterocycles. The standard InChI is InChI=1S/C24H26N2O5/c1-15-16(2)30-22-17(15)6-5-7-18(22)23(27)25-10-12-26(13-11-25)24(28)21-14-29-19-8-3-4-9-20(19)31-21/h3-9,15-16,21H,10-14H2,1-2H3/t15-,16-,21+/m0/s1. The van der Waals surface area contributed by atoms with Crippen molar-refractivity contribution in [3.8, 4) is 17.2 Å². The molecule has 2 aromatic rings. The van der Waals surface area contributed by atoms with Crippen LogP contribution in [-0.2, 0) is 4.79 Å². The number of rotatable bonds is 2. The zero-order valence-corrected chi connectivity index (χ0v) is 17.7. The lowest BCUT2D eigenvalue weighted by molar-refractivity contribution is -0.142. The molecule has 3 atom stereocenters. The van der Waals surface area contributed by atoms with E-state index in [-0.39, 0.29) is 30.4 Å². The van der Waals surface area contributed by atoms with E-state index >= 15 is 0 Å². The largest absolute Gasteiger partial charge is 0.489 e. The number of amides is 2. The van der Waals surface area contributed by atoms with Gasteiger partial charge in [-0.15, -0.1) is 0 Å². The molecule has 0 aliphatic carbocycles. The number of carbonyl (C=O) groups excluding carboxylic acids is 2. The van der Waals surface area contributed by atoms with Crippen molar-refractivity contribution in [1.82, 2.24) is 9.80 Å². The molecule has 162 valence electrons. The van der Waals surface area contributed by atoms with Crippen LogP contribution in [0.1, 0.15) is 35.7 Å². The second kappa shape index (κ2) is 7.80. The fourth-order valence-electron chi connectivity index (χ4n) is 4.40. The molecule has 5 rings (SSSR count). The topological polar surface area (TPSA) is 68.3 Å². The van der Waals surface area contributed by atoms with Crippen molar-refractivity contribution in [3.63, 3.8) is 0 Å². The lowest BCUT2D eigenvalue weighted by Crippen LogP contribution is -2.55. The second-order valence-corrected chi connectivity index (χ2v) is 8.32. The number of para-hydroxylation sites is 3. The number of hydrogen-bond donors (Lipinski definition) is 0. The highest BCUT2D eigenvalue weighted by Crippen LogP contribution is 2.40. The average molecular weight is 422 g/mol. The number of hydrogen-bond acceptors (Lipinski definition) is 5. The van der Waals surface area contributed by atoms with Crippen molar-refractivity contribution in [2.24, 2.45) is 0 Å². The van der Waals surface area contributed by atoms with Gasteiger partial charge in [0.1, 0.15) is 18.5 Å². The molecule has 0 bridgehead atoms. The summed E-state index contributed by atoms with van der Waals surface area (Å²) in [6.07, 6.45) is -0.604. The molecule has 3 heterocycles. The zero-order chi connectivity index (χ0) is 21.5. The number of benzene rings is 2. The Labute approximate surface area is 181 Å². The minimum Gasteiger partial charge on any atom is -0.489 e. The Bertz CT molecular complexity index is 1010. The molecule has 2 aromatic carbocycles. The van der Waals surface area contributed by atoms with Crippen molar-refractivity contribution in [3.05, 3.63) is 53.6 Å². The number of fused-ring (bicyclic) bond motifs is 2. The molecule has 3 aliphatic rings. The van der Waals surface area contributed by atoms with Gasteiger partial charge in [-0.3, -0.25) is 9.59 Å². The van der Waals surface area contributed by atoms with Crippen LogP contribution >= 0.6 is 0 Å². The fraction of sp³-hybridized carbons (Fsp3) is 0.417. The molecule has 1 saturated heterocycles. The van der Waals surface area contributed by atoms with Gasteiger partial charge in [0.25, 0.3) is 11.8 Å². The minimum absolute atomic E-state index is 0.0450. The van der Waals surface area contributed by atoms with Crippen LogP contribution in [0.5, 0.6) is 17.2 Å². The number of carbonyl (C=O) groups is 2. The van der Waals surface area contributed by atoms with E-state index in [1.165, 1.54) is 0 Å². The fourth-order valence-corrected chi connectivity index (χ4v) is 4.40. The van der Waals surface area contributed by atoms with Crippen LogP contribution in [0, 0.1) is 0 Å². The van der Waals surface area contributed by atoms with Crippen molar-refractivity contribution >= 4 is 11.8 Å². The van der Waals surface area contributed by atoms with E-state index in [1.807, 2.05) is 43.3 Å². The van der Waals surface area contributed by atoms with Gasteiger partial charge in [-0.25, -0.2) is 0 Å². The first-order valence-corrected chi connectivity index (χ1v) is 10.8. The van der Waals surface area contributed by atoms with Crippen LogP contribution in [-0.4, -0.2) is 66.6 Å². The highest BCUT2D eigenvalue weighted by Gasteiger charge is 2.36. The SMILES string of the molecule is C[C@@H]1Oc2c(C(=O)N3CCN(C(=O)[C@H]4COc5ccccc5O4)CC3)cccc2[C@H]1C. The molecule has 0 N–H and O–H groups in total. The molecular formula is C24H26N2O5. The van der Waals surface area contributed by atoms with Gasteiger partial charge in [-0.1, -0.05) is 31.2 Å². The van der Waals surface area contributed by atoms with Crippen LogP contribution in [0.2, 0.25) is 0 Å². The number of piperazine rings is 1. The third kappa shape index (κ3) is 3.48. The molecule has 2 amide bonds. The molecule has 0 spiro atoms. The number of nitrogens with zero attached hydrogens (tertiary/aromatic N) is 2. The maximum Gasteiger partial charge on any atom is 0.267 e. The Balaban J connectivity index is 1.23. The van der Waals surface area contributed by atoms with Gasteiger partial charge < -0.3 is 24.0 Å². The highest BCUT2D eigenvalue weighted by atomic mass is 16.6. The summed E-state index contributed by atoms with van der Waals surface area (Å²) in [4.78, 5) is 29.7. The first-order valence-electron chi connectivity index (χ1n) is 10.8. The van der Waals surface area contributed by atoms with Gasteiger partial charge in [0.15, 0.2) is 11.5 Å². The Kier molecular flexibility index (Phi) is 4.96. The van der Waals surface area contributed by atoms with E-state index in [1.54, 1.807) is 15.9 Å². The van der Waals surface area contributed by atoms with Crippen molar-refractivity contribution in [1.29, 1.82) is 0 Å². The van der Waals surface area contributed by atoms with E-state index < -0.39 is 6.10 Å². The van der Waals surface area contributed by atoms with Crippen LogP contribution < -0.4 is 14.2 Å². The lowest BCUT2D eigenvalue weighted by Gasteiger charge is -2.37. The van der Waals surface area contributed by atoms with E-state index in [0.717, 1.165) is 5.56 Å². The molecule has 31 heavy (non-hydrogen) atoms. The van der Waals surface area contributed by atoms with Crippen molar-refractivity contribution in [2.75, 3.05) is 32.8 Å². The van der Waals surface area contributed by atoms with Crippen LogP contribution in [0.4, 0.5) is 0 Å². The first kappa shape index (κ1) is 19.7. The molecular weight excluding hydrogens is 396 g/mol. The third-order valence-electron chi connectivity index (χ3n) is 6.44. The van der Waals surface area contributed by atoms with Gasteiger partial charge >= 0.3 is 0 Å². The summed E-state index contributed by atoms with van der Waals surface area (Å²) in [5.41, 5.74) is 1.69. The van der Waals surface area contributed by atoms with E-state index in [9.17, 15) is 9.59 Å². The Morgan fingerprint density at radius 2 is 1.58 bits per heavy atom. The first-order chi connectivity index (χ1) is 15.0. The van der Waals surface area contributed by atoms with E-state index in [0.29, 0.717) is 49.0 Å². The maximum absolute atomic E-state index is 13.2. The maximum atomic E-state index is 13.2. The molecule has 0 unspecified atom stereocenters. The molecule has 3 aliphatic heterocycles. The average Bonchev–Trinajstić information content (AvgIpc) is 3.11. The van der Waals surface area contributed by atoms with Gasteiger partial charge in [0.05, 0.1) is 5.56 Å². The summed E-state index contributed by atoms with van der Waals surface area (Å²) in [7, 11) is 0. The minimum atomic E-state index is -0.661. The van der Waals surface area contributed by atoms with Crippen molar-refractivity contribution < 1.29 is 23.8 Å². The number of ether oxygens (including phenoxy) is 3. The lowest BCUT2D eigenvalue weighted by atomic mass is 9.96. The summed E-state index contributed by atoms with van der Waals surface area (Å²) in [5, 5.41) is 0. The Hall–Kier alpha value is -3.22. The summed E-state index contributed by atoms with van der Waals surface area (Å²) < 4.78 is 17.5. The molecule has 0 saturated carbocycles. The summed E-state index contributed by atoms with van der Waals surface area (Å²) >= 11 is 0. The molecule has 0 radical (unpaired) electrons. The van der Waals surface area contributed by atoms with Gasteiger partial charge in [-0.05, 0) is 25.1 Å². The van der Waals surface area contributed by atoms with Gasteiger partial charge in [0, 0.05) is 37.7 Å². The van der Waals surface area contributed by atoms with Gasteiger partial charge in [0.2, 0.25) is 6.10 Å². The third-order valence-corrected chi connectivity index (χ3v) is 6.44. The predicted molar refractivity (Wildman–Crippen MR) is 114 cm³/mol. The molecule has 7 nitrogen and oxygen atoms in total. The van der Waals surface area contributed by atoms with Crippen LogP contribution in [0.15, 0.2) is 42.5 Å². The van der Waals surface area contributed by atoms with E-state index in [4.69, 9.17) is 14.2 Å². The second-order valence-electron chi connectivity index (χ2n) is 8.32.